The zero-order valence-electron chi connectivity index (χ0n) is 12.7. The summed E-state index contributed by atoms with van der Waals surface area (Å²) in [5.41, 5.74) is 1.43. The van der Waals surface area contributed by atoms with Crippen LogP contribution >= 0.6 is 11.3 Å². The highest BCUT2D eigenvalue weighted by Gasteiger charge is 2.32. The van der Waals surface area contributed by atoms with E-state index in [9.17, 15) is 5.11 Å². The van der Waals surface area contributed by atoms with Gasteiger partial charge in [0.15, 0.2) is 5.13 Å². The Balaban J connectivity index is 1.69. The Kier molecular flexibility index (Phi) is 3.77. The molecule has 2 fully saturated rings. The summed E-state index contributed by atoms with van der Waals surface area (Å²) in [6.07, 6.45) is 2.49. The molecule has 1 saturated heterocycles. The van der Waals surface area contributed by atoms with E-state index in [1.54, 1.807) is 11.3 Å². The maximum absolute atomic E-state index is 9.50. The average Bonchev–Trinajstić information content (AvgIpc) is 3.17. The van der Waals surface area contributed by atoms with Crippen LogP contribution in [-0.4, -0.2) is 46.7 Å². The molecule has 4 nitrogen and oxygen atoms in total. The summed E-state index contributed by atoms with van der Waals surface area (Å²) in [5, 5.41) is 10.6. The Bertz CT molecular complexity index is 468. The Labute approximate surface area is 125 Å². The number of piperazine rings is 1. The predicted molar refractivity (Wildman–Crippen MR) is 83.6 cm³/mol. The lowest BCUT2D eigenvalue weighted by molar-refractivity contribution is 0.128. The Morgan fingerprint density at radius 3 is 2.35 bits per heavy atom. The van der Waals surface area contributed by atoms with Gasteiger partial charge < -0.3 is 10.0 Å². The van der Waals surface area contributed by atoms with E-state index in [0.717, 1.165) is 36.2 Å². The van der Waals surface area contributed by atoms with Crippen molar-refractivity contribution in [3.8, 4) is 0 Å². The number of thiazole rings is 1. The third kappa shape index (κ3) is 2.85. The summed E-state index contributed by atoms with van der Waals surface area (Å²) in [6.45, 7) is 11.3. The van der Waals surface area contributed by atoms with Gasteiger partial charge in [-0.2, -0.15) is 0 Å². The van der Waals surface area contributed by atoms with Gasteiger partial charge in [-0.3, -0.25) is 4.90 Å². The molecule has 0 aromatic carbocycles. The maximum Gasteiger partial charge on any atom is 0.185 e. The summed E-state index contributed by atoms with van der Waals surface area (Å²) in [4.78, 5) is 10.8. The highest BCUT2D eigenvalue weighted by Crippen LogP contribution is 2.44. The fourth-order valence-corrected chi connectivity index (χ4v) is 3.90. The fourth-order valence-electron chi connectivity index (χ4n) is 2.84. The van der Waals surface area contributed by atoms with Crippen LogP contribution in [0.5, 0.6) is 0 Å². The van der Waals surface area contributed by atoms with Gasteiger partial charge in [-0.25, -0.2) is 4.98 Å². The lowest BCUT2D eigenvalue weighted by Crippen LogP contribution is -2.53. The summed E-state index contributed by atoms with van der Waals surface area (Å²) in [7, 11) is 0. The van der Waals surface area contributed by atoms with Crippen molar-refractivity contribution in [1.82, 2.24) is 9.88 Å². The molecule has 1 N–H and O–H groups in total. The second-order valence-electron chi connectivity index (χ2n) is 6.88. The zero-order chi connectivity index (χ0) is 14.3. The molecule has 112 valence electrons. The van der Waals surface area contributed by atoms with Gasteiger partial charge >= 0.3 is 0 Å². The number of hydrogen-bond acceptors (Lipinski definition) is 5. The van der Waals surface area contributed by atoms with Gasteiger partial charge in [0.05, 0.1) is 17.2 Å². The first kappa shape index (κ1) is 14.3. The van der Waals surface area contributed by atoms with Gasteiger partial charge in [0.25, 0.3) is 0 Å². The van der Waals surface area contributed by atoms with Crippen molar-refractivity contribution in [1.29, 1.82) is 0 Å². The molecule has 0 bridgehead atoms. The van der Waals surface area contributed by atoms with Gasteiger partial charge in [-0.1, -0.05) is 11.3 Å². The van der Waals surface area contributed by atoms with Crippen LogP contribution in [0.2, 0.25) is 0 Å². The number of anilines is 1. The second kappa shape index (κ2) is 5.28. The molecule has 0 spiro atoms. The van der Waals surface area contributed by atoms with Gasteiger partial charge in [-0.05, 0) is 33.6 Å². The zero-order valence-corrected chi connectivity index (χ0v) is 13.5. The van der Waals surface area contributed by atoms with E-state index in [-0.39, 0.29) is 12.1 Å². The molecule has 0 amide bonds. The normalized spacial score (nSPS) is 21.5. The second-order valence-corrected chi connectivity index (χ2v) is 7.94. The minimum Gasteiger partial charge on any atom is -0.391 e. The number of aliphatic hydroxyl groups excluding tert-OH is 1. The third-order valence-electron chi connectivity index (χ3n) is 4.32. The highest BCUT2D eigenvalue weighted by atomic mass is 32.1. The van der Waals surface area contributed by atoms with Gasteiger partial charge in [0.2, 0.25) is 0 Å². The highest BCUT2D eigenvalue weighted by molar-refractivity contribution is 7.15. The van der Waals surface area contributed by atoms with Crippen molar-refractivity contribution >= 4 is 16.5 Å². The molecular formula is C15H25N3OS. The minimum absolute atomic E-state index is 0.144. The molecule has 1 aliphatic heterocycles. The summed E-state index contributed by atoms with van der Waals surface area (Å²) in [6, 6.07) is 0. The first-order valence-corrected chi connectivity index (χ1v) is 8.41. The Morgan fingerprint density at radius 1 is 1.20 bits per heavy atom. The number of nitrogens with zero attached hydrogens (tertiary/aromatic N) is 3. The molecule has 3 rings (SSSR count). The number of aliphatic hydroxyl groups is 1. The molecular weight excluding hydrogens is 270 g/mol. The van der Waals surface area contributed by atoms with Gasteiger partial charge in [0.1, 0.15) is 0 Å². The molecule has 1 aliphatic carbocycles. The summed E-state index contributed by atoms with van der Waals surface area (Å²) in [5.74, 6) is 0.623. The number of hydrogen-bond donors (Lipinski definition) is 1. The Hall–Kier alpha value is -0.650. The van der Waals surface area contributed by atoms with Crippen molar-refractivity contribution in [3.63, 3.8) is 0 Å². The van der Waals surface area contributed by atoms with Crippen molar-refractivity contribution in [2.45, 2.75) is 51.7 Å². The van der Waals surface area contributed by atoms with Gasteiger partial charge in [0, 0.05) is 37.6 Å². The van der Waals surface area contributed by atoms with E-state index in [4.69, 9.17) is 4.98 Å². The number of rotatable bonds is 3. The lowest BCUT2D eigenvalue weighted by atomic mass is 10.1. The van der Waals surface area contributed by atoms with E-state index in [1.165, 1.54) is 18.5 Å². The van der Waals surface area contributed by atoms with Crippen molar-refractivity contribution in [3.05, 3.63) is 10.6 Å². The summed E-state index contributed by atoms with van der Waals surface area (Å²) >= 11 is 1.69. The standard InChI is InChI=1S/C15H25N3OS/c1-15(2,3)18-8-6-17(7-9-18)14-16-13(11-4-5-11)12(10-19)20-14/h11,19H,4-10H2,1-3H3. The van der Waals surface area contributed by atoms with Crippen LogP contribution in [0.1, 0.15) is 50.1 Å². The van der Waals surface area contributed by atoms with E-state index < -0.39 is 0 Å². The maximum atomic E-state index is 9.50. The van der Waals surface area contributed by atoms with Crippen LogP contribution in [-0.2, 0) is 6.61 Å². The summed E-state index contributed by atoms with van der Waals surface area (Å²) < 4.78 is 0. The SMILES string of the molecule is CC(C)(C)N1CCN(c2nc(C3CC3)c(CO)s2)CC1. The van der Waals surface area contributed by atoms with E-state index >= 15 is 0 Å². The molecule has 1 aromatic rings. The number of aromatic nitrogens is 1. The van der Waals surface area contributed by atoms with Crippen LogP contribution in [0.3, 0.4) is 0 Å². The topological polar surface area (TPSA) is 39.6 Å². The monoisotopic (exact) mass is 295 g/mol. The predicted octanol–water partition coefficient (Wildman–Crippen LogP) is 2.43. The molecule has 2 aliphatic rings. The smallest absolute Gasteiger partial charge is 0.185 e. The quantitative estimate of drug-likeness (QED) is 0.930. The molecule has 1 aromatic heterocycles. The van der Waals surface area contributed by atoms with Crippen molar-refractivity contribution < 1.29 is 5.11 Å². The fraction of sp³-hybridized carbons (Fsp3) is 0.800. The van der Waals surface area contributed by atoms with E-state index in [1.807, 2.05) is 0 Å². The van der Waals surface area contributed by atoms with Crippen LogP contribution in [0.15, 0.2) is 0 Å². The molecule has 0 atom stereocenters. The molecule has 1 saturated carbocycles. The van der Waals surface area contributed by atoms with Crippen LogP contribution in [0.4, 0.5) is 5.13 Å². The molecule has 2 heterocycles. The van der Waals surface area contributed by atoms with Crippen LogP contribution < -0.4 is 4.90 Å². The third-order valence-corrected chi connectivity index (χ3v) is 5.44. The van der Waals surface area contributed by atoms with E-state index in [0.29, 0.717) is 5.92 Å². The minimum atomic E-state index is 0.144. The van der Waals surface area contributed by atoms with E-state index in [2.05, 4.69) is 30.6 Å². The molecule has 0 radical (unpaired) electrons. The largest absolute Gasteiger partial charge is 0.391 e. The first-order valence-electron chi connectivity index (χ1n) is 7.59. The first-order chi connectivity index (χ1) is 9.49. The lowest BCUT2D eigenvalue weighted by Gasteiger charge is -2.42. The molecule has 20 heavy (non-hydrogen) atoms. The van der Waals surface area contributed by atoms with Crippen molar-refractivity contribution in [2.24, 2.45) is 0 Å². The molecule has 0 unspecified atom stereocenters. The average molecular weight is 295 g/mol. The Morgan fingerprint density at radius 2 is 1.85 bits per heavy atom. The van der Waals surface area contributed by atoms with Gasteiger partial charge in [-0.15, -0.1) is 0 Å². The van der Waals surface area contributed by atoms with Crippen LogP contribution in [0.25, 0.3) is 0 Å². The van der Waals surface area contributed by atoms with Crippen LogP contribution in [0, 0.1) is 0 Å². The molecule has 5 heteroatoms. The van der Waals surface area contributed by atoms with Crippen molar-refractivity contribution in [2.75, 3.05) is 31.1 Å².